The summed E-state index contributed by atoms with van der Waals surface area (Å²) in [7, 11) is -3.91. The Balaban J connectivity index is 2.32. The predicted octanol–water partition coefficient (Wildman–Crippen LogP) is 0.121. The maximum atomic E-state index is 12.5. The maximum absolute atomic E-state index is 12.5. The molecular formula is C13H16N2O5S. The highest BCUT2D eigenvalue weighted by molar-refractivity contribution is 7.89. The Morgan fingerprint density at radius 2 is 1.90 bits per heavy atom. The van der Waals surface area contributed by atoms with Crippen LogP contribution in [0, 0.1) is 0 Å². The van der Waals surface area contributed by atoms with Crippen LogP contribution in [0.2, 0.25) is 0 Å². The molecule has 2 amide bonds. The summed E-state index contributed by atoms with van der Waals surface area (Å²) in [6.45, 7) is 3.37. The third-order valence-corrected chi connectivity index (χ3v) is 5.05. The van der Waals surface area contributed by atoms with E-state index in [1.807, 2.05) is 6.92 Å². The molecule has 0 saturated carbocycles. The number of hydrogen-bond acceptors (Lipinski definition) is 5. The molecule has 21 heavy (non-hydrogen) atoms. The molecule has 1 unspecified atom stereocenters. The Labute approximate surface area is 122 Å². The number of carbonyl (C=O) groups excluding carboxylic acids is 2. The van der Waals surface area contributed by atoms with Crippen molar-refractivity contribution >= 4 is 21.8 Å². The quantitative estimate of drug-likeness (QED) is 0.797. The first-order chi connectivity index (χ1) is 9.86. The van der Waals surface area contributed by atoms with E-state index in [1.54, 1.807) is 0 Å². The zero-order valence-corrected chi connectivity index (χ0v) is 12.5. The van der Waals surface area contributed by atoms with Crippen LogP contribution in [-0.4, -0.2) is 43.7 Å². The average molecular weight is 312 g/mol. The molecule has 1 saturated heterocycles. The standard InChI is InChI=1S/C13H16N2O5S/c1-3-20-10-4-6-11(7-5-10)21(18,19)15-8-12(16)14-13(17)9(15)2/h4-7,9H,3,8H2,1-2H3,(H,14,16,17). The fourth-order valence-electron chi connectivity index (χ4n) is 1.99. The number of carbonyl (C=O) groups is 2. The van der Waals surface area contributed by atoms with Crippen molar-refractivity contribution in [3.63, 3.8) is 0 Å². The Hall–Kier alpha value is -1.93. The number of hydrogen-bond donors (Lipinski definition) is 1. The molecular weight excluding hydrogens is 296 g/mol. The van der Waals surface area contributed by atoms with E-state index >= 15 is 0 Å². The monoisotopic (exact) mass is 312 g/mol. The van der Waals surface area contributed by atoms with E-state index in [0.717, 1.165) is 4.31 Å². The molecule has 0 radical (unpaired) electrons. The Kier molecular flexibility index (Phi) is 4.29. The van der Waals surface area contributed by atoms with E-state index in [2.05, 4.69) is 5.32 Å². The summed E-state index contributed by atoms with van der Waals surface area (Å²) in [5.41, 5.74) is 0. The van der Waals surface area contributed by atoms with Crippen LogP contribution < -0.4 is 10.1 Å². The van der Waals surface area contributed by atoms with Crippen LogP contribution in [0.4, 0.5) is 0 Å². The number of benzene rings is 1. The molecule has 1 aromatic rings. The Bertz CT molecular complexity index is 654. The third-order valence-electron chi connectivity index (χ3n) is 3.11. The normalized spacial score (nSPS) is 20.2. The first-order valence-electron chi connectivity index (χ1n) is 6.44. The molecule has 1 aliphatic heterocycles. The molecule has 114 valence electrons. The van der Waals surface area contributed by atoms with Crippen molar-refractivity contribution in [3.05, 3.63) is 24.3 Å². The van der Waals surface area contributed by atoms with Gasteiger partial charge in [-0.25, -0.2) is 8.42 Å². The SMILES string of the molecule is CCOc1ccc(S(=O)(=O)N2CC(=O)NC(=O)C2C)cc1. The van der Waals surface area contributed by atoms with E-state index in [9.17, 15) is 18.0 Å². The molecule has 7 nitrogen and oxygen atoms in total. The zero-order chi connectivity index (χ0) is 15.6. The molecule has 2 rings (SSSR count). The molecule has 1 aromatic carbocycles. The minimum Gasteiger partial charge on any atom is -0.494 e. The molecule has 1 N–H and O–H groups in total. The van der Waals surface area contributed by atoms with Crippen molar-refractivity contribution in [2.24, 2.45) is 0 Å². The highest BCUT2D eigenvalue weighted by Crippen LogP contribution is 2.22. The van der Waals surface area contributed by atoms with Crippen LogP contribution in [0.3, 0.4) is 0 Å². The molecule has 1 aliphatic rings. The van der Waals surface area contributed by atoms with Crippen LogP contribution in [0.15, 0.2) is 29.2 Å². The van der Waals surface area contributed by atoms with Crippen LogP contribution in [0.5, 0.6) is 5.75 Å². The third kappa shape index (κ3) is 3.06. The van der Waals surface area contributed by atoms with E-state index in [0.29, 0.717) is 12.4 Å². The highest BCUT2D eigenvalue weighted by atomic mass is 32.2. The highest BCUT2D eigenvalue weighted by Gasteiger charge is 2.38. The second-order valence-electron chi connectivity index (χ2n) is 4.54. The fraction of sp³-hybridized carbons (Fsp3) is 0.385. The summed E-state index contributed by atoms with van der Waals surface area (Å²) < 4.78 is 31.2. The number of amides is 2. The van der Waals surface area contributed by atoms with Gasteiger partial charge in [0.25, 0.3) is 0 Å². The van der Waals surface area contributed by atoms with E-state index in [1.165, 1.54) is 31.2 Å². The van der Waals surface area contributed by atoms with Gasteiger partial charge in [-0.3, -0.25) is 14.9 Å². The number of sulfonamides is 1. The molecule has 0 aliphatic carbocycles. The van der Waals surface area contributed by atoms with Gasteiger partial charge in [0.05, 0.1) is 18.0 Å². The first kappa shape index (κ1) is 15.5. The van der Waals surface area contributed by atoms with Gasteiger partial charge in [-0.1, -0.05) is 0 Å². The summed E-state index contributed by atoms with van der Waals surface area (Å²) in [6.07, 6.45) is 0. The Morgan fingerprint density at radius 1 is 1.29 bits per heavy atom. The van der Waals surface area contributed by atoms with E-state index < -0.39 is 27.9 Å². The van der Waals surface area contributed by atoms with Gasteiger partial charge in [-0.2, -0.15) is 4.31 Å². The number of nitrogens with one attached hydrogen (secondary N) is 1. The van der Waals surface area contributed by atoms with Crippen molar-refractivity contribution in [2.45, 2.75) is 24.8 Å². The van der Waals surface area contributed by atoms with Gasteiger partial charge in [0, 0.05) is 0 Å². The van der Waals surface area contributed by atoms with Crippen LogP contribution in [0.1, 0.15) is 13.8 Å². The lowest BCUT2D eigenvalue weighted by atomic mass is 10.2. The predicted molar refractivity (Wildman–Crippen MR) is 74.1 cm³/mol. The lowest BCUT2D eigenvalue weighted by molar-refractivity contribution is -0.136. The summed E-state index contributed by atoms with van der Waals surface area (Å²) in [6, 6.07) is 4.92. The van der Waals surface area contributed by atoms with E-state index in [-0.39, 0.29) is 11.4 Å². The summed E-state index contributed by atoms with van der Waals surface area (Å²) >= 11 is 0. The number of nitrogens with zero attached hydrogens (tertiary/aromatic N) is 1. The Morgan fingerprint density at radius 3 is 2.48 bits per heavy atom. The fourth-order valence-corrected chi connectivity index (χ4v) is 3.54. The maximum Gasteiger partial charge on any atom is 0.244 e. The van der Waals surface area contributed by atoms with Crippen LogP contribution in [-0.2, 0) is 19.6 Å². The molecule has 8 heteroatoms. The van der Waals surface area contributed by atoms with Crippen LogP contribution >= 0.6 is 0 Å². The zero-order valence-electron chi connectivity index (χ0n) is 11.7. The molecule has 0 spiro atoms. The first-order valence-corrected chi connectivity index (χ1v) is 7.88. The van der Waals surface area contributed by atoms with Crippen LogP contribution in [0.25, 0.3) is 0 Å². The number of rotatable bonds is 4. The van der Waals surface area contributed by atoms with Gasteiger partial charge in [0.2, 0.25) is 21.8 Å². The van der Waals surface area contributed by atoms with Crippen molar-refractivity contribution in [3.8, 4) is 5.75 Å². The largest absolute Gasteiger partial charge is 0.494 e. The number of ether oxygens (including phenoxy) is 1. The smallest absolute Gasteiger partial charge is 0.244 e. The second kappa shape index (κ2) is 5.82. The van der Waals surface area contributed by atoms with Crippen molar-refractivity contribution in [1.82, 2.24) is 9.62 Å². The van der Waals surface area contributed by atoms with Gasteiger partial charge < -0.3 is 4.74 Å². The van der Waals surface area contributed by atoms with Gasteiger partial charge in [0.15, 0.2) is 0 Å². The number of imide groups is 1. The molecule has 1 fully saturated rings. The average Bonchev–Trinajstić information content (AvgIpc) is 2.43. The lowest BCUT2D eigenvalue weighted by Gasteiger charge is -2.30. The lowest BCUT2D eigenvalue weighted by Crippen LogP contribution is -2.58. The van der Waals surface area contributed by atoms with Gasteiger partial charge >= 0.3 is 0 Å². The molecule has 1 heterocycles. The van der Waals surface area contributed by atoms with Crippen molar-refractivity contribution in [2.75, 3.05) is 13.2 Å². The van der Waals surface area contributed by atoms with Gasteiger partial charge in [-0.05, 0) is 38.1 Å². The van der Waals surface area contributed by atoms with Gasteiger partial charge in [-0.15, -0.1) is 0 Å². The van der Waals surface area contributed by atoms with Gasteiger partial charge in [0.1, 0.15) is 11.8 Å². The molecule has 1 atom stereocenters. The summed E-state index contributed by atoms with van der Waals surface area (Å²) in [5.74, 6) is -0.703. The molecule has 0 bridgehead atoms. The number of piperazine rings is 1. The minimum absolute atomic E-state index is 0.0142. The van der Waals surface area contributed by atoms with Crippen molar-refractivity contribution < 1.29 is 22.7 Å². The topological polar surface area (TPSA) is 92.8 Å². The summed E-state index contributed by atoms with van der Waals surface area (Å²) in [5, 5.41) is 2.10. The minimum atomic E-state index is -3.91. The summed E-state index contributed by atoms with van der Waals surface area (Å²) in [4.78, 5) is 23.0. The van der Waals surface area contributed by atoms with E-state index in [4.69, 9.17) is 4.74 Å². The molecule has 0 aromatic heterocycles. The second-order valence-corrected chi connectivity index (χ2v) is 6.43. The van der Waals surface area contributed by atoms with Crippen molar-refractivity contribution in [1.29, 1.82) is 0 Å².